The van der Waals surface area contributed by atoms with Gasteiger partial charge in [-0.1, -0.05) is 17.7 Å². The monoisotopic (exact) mass is 388 g/mol. The van der Waals surface area contributed by atoms with Crippen molar-refractivity contribution in [1.82, 2.24) is 9.97 Å². The molecular formula is C18H17ClN4O2S. The first-order chi connectivity index (χ1) is 12.6. The summed E-state index contributed by atoms with van der Waals surface area (Å²) < 4.78 is 11.6. The van der Waals surface area contributed by atoms with Gasteiger partial charge >= 0.3 is 0 Å². The highest BCUT2D eigenvalue weighted by Gasteiger charge is 2.23. The zero-order valence-corrected chi connectivity index (χ0v) is 15.6. The lowest BCUT2D eigenvalue weighted by Crippen LogP contribution is -2.17. The lowest BCUT2D eigenvalue weighted by Gasteiger charge is -2.06. The van der Waals surface area contributed by atoms with E-state index in [0.717, 1.165) is 11.3 Å². The smallest absolute Gasteiger partial charge is 0.181 e. The number of fused-ring (bicyclic) bond motifs is 1. The number of hydrogen-bond acceptors (Lipinski definition) is 7. The number of nitrogens with two attached hydrogens (primary N) is 1. The zero-order valence-electron chi connectivity index (χ0n) is 14.0. The summed E-state index contributed by atoms with van der Waals surface area (Å²) in [6.07, 6.45) is 3.56. The maximum Gasteiger partial charge on any atom is 0.181 e. The van der Waals surface area contributed by atoms with E-state index < -0.39 is 0 Å². The van der Waals surface area contributed by atoms with Crippen LogP contribution in [0.4, 0.5) is 5.69 Å². The van der Waals surface area contributed by atoms with Crippen molar-refractivity contribution >= 4 is 39.7 Å². The molecule has 0 radical (unpaired) electrons. The summed E-state index contributed by atoms with van der Waals surface area (Å²) in [4.78, 5) is 9.69. The van der Waals surface area contributed by atoms with Crippen molar-refractivity contribution in [3.63, 3.8) is 0 Å². The van der Waals surface area contributed by atoms with Gasteiger partial charge in [0, 0.05) is 30.0 Å². The van der Waals surface area contributed by atoms with E-state index in [2.05, 4.69) is 21.4 Å². The Labute approximate surface area is 159 Å². The molecule has 4 aromatic heterocycles. The predicted molar refractivity (Wildman–Crippen MR) is 104 cm³/mol. The number of oxazole rings is 1. The van der Waals surface area contributed by atoms with Crippen LogP contribution in [-0.4, -0.2) is 16.0 Å². The van der Waals surface area contributed by atoms with E-state index in [-0.39, 0.29) is 6.04 Å². The van der Waals surface area contributed by atoms with Crippen molar-refractivity contribution in [3.05, 3.63) is 52.0 Å². The third-order valence-corrected chi connectivity index (χ3v) is 4.97. The second kappa shape index (κ2) is 7.11. The highest BCUT2D eigenvalue weighted by Crippen LogP contribution is 2.38. The molecule has 4 heterocycles. The number of furan rings is 1. The third kappa shape index (κ3) is 3.33. The van der Waals surface area contributed by atoms with Crippen LogP contribution in [0.1, 0.15) is 17.6 Å². The SMILES string of the molecule is C[C@H](N)Cc1oc2c(NCc3cccs3)cc(Cl)nc2c1-c1cnco1. The van der Waals surface area contributed by atoms with E-state index >= 15 is 0 Å². The van der Waals surface area contributed by atoms with Crippen molar-refractivity contribution < 1.29 is 8.83 Å². The maximum absolute atomic E-state index is 6.27. The van der Waals surface area contributed by atoms with Gasteiger partial charge in [0.2, 0.25) is 0 Å². The van der Waals surface area contributed by atoms with Crippen LogP contribution >= 0.6 is 22.9 Å². The Hall–Kier alpha value is -2.35. The van der Waals surface area contributed by atoms with Gasteiger partial charge in [0.1, 0.15) is 16.4 Å². The predicted octanol–water partition coefficient (Wildman–Crippen LogP) is 4.70. The van der Waals surface area contributed by atoms with Crippen LogP contribution in [0.25, 0.3) is 22.4 Å². The van der Waals surface area contributed by atoms with Gasteiger partial charge in [0.25, 0.3) is 0 Å². The van der Waals surface area contributed by atoms with Crippen LogP contribution in [0, 0.1) is 0 Å². The summed E-state index contributed by atoms with van der Waals surface area (Å²) in [5, 5.41) is 5.80. The van der Waals surface area contributed by atoms with E-state index in [9.17, 15) is 0 Å². The molecule has 0 bridgehead atoms. The van der Waals surface area contributed by atoms with E-state index in [1.807, 2.05) is 18.4 Å². The molecule has 0 aromatic carbocycles. The molecule has 0 amide bonds. The lowest BCUT2D eigenvalue weighted by molar-refractivity contribution is 0.521. The second-order valence-electron chi connectivity index (χ2n) is 6.05. The number of thiophene rings is 1. The topological polar surface area (TPSA) is 90.1 Å². The zero-order chi connectivity index (χ0) is 18.1. The Balaban J connectivity index is 1.83. The van der Waals surface area contributed by atoms with E-state index in [4.69, 9.17) is 26.2 Å². The molecular weight excluding hydrogens is 372 g/mol. The number of anilines is 1. The normalized spacial score (nSPS) is 12.6. The molecule has 3 N–H and O–H groups in total. The molecule has 0 saturated carbocycles. The Kier molecular flexibility index (Phi) is 4.67. The van der Waals surface area contributed by atoms with Gasteiger partial charge in [0.15, 0.2) is 17.7 Å². The summed E-state index contributed by atoms with van der Waals surface area (Å²) in [5.74, 6) is 1.29. The van der Waals surface area contributed by atoms with Crippen LogP contribution in [0.3, 0.4) is 0 Å². The van der Waals surface area contributed by atoms with Gasteiger partial charge in [-0.05, 0) is 18.4 Å². The van der Waals surface area contributed by atoms with Crippen molar-refractivity contribution in [2.24, 2.45) is 5.73 Å². The minimum absolute atomic E-state index is 0.0739. The molecule has 0 saturated heterocycles. The molecule has 0 aliphatic heterocycles. The quantitative estimate of drug-likeness (QED) is 0.465. The number of nitrogens with one attached hydrogen (secondary N) is 1. The fraction of sp³-hybridized carbons (Fsp3) is 0.222. The minimum atomic E-state index is -0.0739. The maximum atomic E-state index is 6.27. The molecule has 0 aliphatic carbocycles. The van der Waals surface area contributed by atoms with Gasteiger partial charge in [-0.3, -0.25) is 0 Å². The average molecular weight is 389 g/mol. The Morgan fingerprint density at radius 3 is 3.00 bits per heavy atom. The molecule has 134 valence electrons. The molecule has 0 unspecified atom stereocenters. The molecule has 1 atom stereocenters. The largest absolute Gasteiger partial charge is 0.456 e. The summed E-state index contributed by atoms with van der Waals surface area (Å²) >= 11 is 7.96. The van der Waals surface area contributed by atoms with Gasteiger partial charge in [0.05, 0.1) is 17.4 Å². The van der Waals surface area contributed by atoms with Crippen molar-refractivity contribution in [3.8, 4) is 11.3 Å². The summed E-state index contributed by atoms with van der Waals surface area (Å²) in [6, 6.07) is 5.78. The van der Waals surface area contributed by atoms with E-state index in [1.54, 1.807) is 23.6 Å². The number of aromatic nitrogens is 2. The number of hydrogen-bond donors (Lipinski definition) is 2. The fourth-order valence-electron chi connectivity index (χ4n) is 2.84. The molecule has 0 spiro atoms. The average Bonchev–Trinajstić information content (AvgIpc) is 3.32. The Bertz CT molecular complexity index is 1010. The molecule has 0 aliphatic rings. The highest BCUT2D eigenvalue weighted by molar-refractivity contribution is 7.09. The molecule has 4 rings (SSSR count). The first-order valence-corrected chi connectivity index (χ1v) is 9.40. The van der Waals surface area contributed by atoms with Crippen LogP contribution in [0.5, 0.6) is 0 Å². The number of pyridine rings is 1. The fourth-order valence-corrected chi connectivity index (χ4v) is 3.68. The first-order valence-electron chi connectivity index (χ1n) is 8.14. The molecule has 0 fully saturated rings. The third-order valence-electron chi connectivity index (χ3n) is 3.90. The Morgan fingerprint density at radius 1 is 1.42 bits per heavy atom. The van der Waals surface area contributed by atoms with Crippen molar-refractivity contribution in [1.29, 1.82) is 0 Å². The van der Waals surface area contributed by atoms with Gasteiger partial charge < -0.3 is 19.9 Å². The lowest BCUT2D eigenvalue weighted by atomic mass is 10.1. The number of rotatable bonds is 6. The Morgan fingerprint density at radius 2 is 2.31 bits per heavy atom. The van der Waals surface area contributed by atoms with E-state index in [1.165, 1.54) is 11.3 Å². The van der Waals surface area contributed by atoms with Gasteiger partial charge in [-0.2, -0.15) is 0 Å². The molecule has 6 nitrogen and oxygen atoms in total. The minimum Gasteiger partial charge on any atom is -0.456 e. The van der Waals surface area contributed by atoms with Crippen LogP contribution in [-0.2, 0) is 13.0 Å². The summed E-state index contributed by atoms with van der Waals surface area (Å²) in [7, 11) is 0. The van der Waals surface area contributed by atoms with Gasteiger partial charge in [-0.15, -0.1) is 11.3 Å². The van der Waals surface area contributed by atoms with E-state index in [0.29, 0.717) is 40.7 Å². The second-order valence-corrected chi connectivity index (χ2v) is 7.47. The summed E-state index contributed by atoms with van der Waals surface area (Å²) in [5.41, 5.74) is 8.79. The van der Waals surface area contributed by atoms with Crippen molar-refractivity contribution in [2.75, 3.05) is 5.32 Å². The van der Waals surface area contributed by atoms with Crippen LogP contribution < -0.4 is 11.1 Å². The van der Waals surface area contributed by atoms with Crippen molar-refractivity contribution in [2.45, 2.75) is 25.9 Å². The summed E-state index contributed by atoms with van der Waals surface area (Å²) in [6.45, 7) is 2.60. The molecule has 26 heavy (non-hydrogen) atoms. The highest BCUT2D eigenvalue weighted by atomic mass is 35.5. The number of nitrogens with zero attached hydrogens (tertiary/aromatic N) is 2. The molecule has 4 aromatic rings. The van der Waals surface area contributed by atoms with Crippen LogP contribution in [0.15, 0.2) is 45.0 Å². The number of halogens is 1. The molecule has 8 heteroatoms. The van der Waals surface area contributed by atoms with Gasteiger partial charge in [-0.25, -0.2) is 9.97 Å². The van der Waals surface area contributed by atoms with Crippen LogP contribution in [0.2, 0.25) is 5.15 Å². The standard InChI is InChI=1S/C18H17ClN4O2S/c1-10(20)5-13-16(14-8-21-9-24-14)17-18(25-13)12(6-15(19)23-17)22-7-11-3-2-4-26-11/h2-4,6,8-10H,5,7,20H2,1H3,(H,22,23)/t10-/m0/s1. The first kappa shape index (κ1) is 17.1.